The monoisotopic (exact) mass is 291 g/mol. The molecule has 0 aliphatic heterocycles. The van der Waals surface area contributed by atoms with Gasteiger partial charge in [-0.25, -0.2) is 9.37 Å². The Morgan fingerprint density at radius 2 is 1.68 bits per heavy atom. The summed E-state index contributed by atoms with van der Waals surface area (Å²) in [4.78, 5) is 4.20. The van der Waals surface area contributed by atoms with Gasteiger partial charge in [-0.15, -0.1) is 0 Å². The van der Waals surface area contributed by atoms with Gasteiger partial charge in [-0.1, -0.05) is 24.3 Å². The first kappa shape index (κ1) is 14.0. The topological polar surface area (TPSA) is 41.6 Å². The van der Waals surface area contributed by atoms with Crippen molar-refractivity contribution in [3.05, 3.63) is 89.3 Å². The Morgan fingerprint density at radius 3 is 2.36 bits per heavy atom. The quantitative estimate of drug-likeness (QED) is 0.738. The van der Waals surface area contributed by atoms with Crippen molar-refractivity contribution in [3.8, 4) is 6.07 Å². The molecule has 2 aromatic carbocycles. The lowest BCUT2D eigenvalue weighted by molar-refractivity contribution is 0.627. The van der Waals surface area contributed by atoms with Gasteiger partial charge in [-0.05, 0) is 35.4 Å². The van der Waals surface area contributed by atoms with Gasteiger partial charge >= 0.3 is 0 Å². The molecule has 3 aromatic rings. The van der Waals surface area contributed by atoms with Gasteiger partial charge in [-0.3, -0.25) is 0 Å². The van der Waals surface area contributed by atoms with E-state index in [2.05, 4.69) is 15.6 Å². The molecule has 0 atom stereocenters. The lowest BCUT2D eigenvalue weighted by Crippen LogP contribution is -2.04. The Balaban J connectivity index is 1.76. The van der Waals surface area contributed by atoms with E-state index >= 15 is 0 Å². The van der Waals surface area contributed by atoms with Crippen molar-refractivity contribution in [2.45, 2.75) is 13.0 Å². The zero-order chi connectivity index (χ0) is 15.4. The summed E-state index contributed by atoms with van der Waals surface area (Å²) in [6.45, 7) is 0.697. The molecule has 1 heterocycles. The first-order valence-electron chi connectivity index (χ1n) is 6.97. The number of aromatic nitrogens is 2. The molecule has 0 N–H and O–H groups in total. The van der Waals surface area contributed by atoms with Gasteiger partial charge in [0.1, 0.15) is 5.82 Å². The molecule has 3 rings (SSSR count). The Labute approximate surface area is 128 Å². The molecule has 108 valence electrons. The molecule has 3 nitrogen and oxygen atoms in total. The second-order valence-electron chi connectivity index (χ2n) is 5.12. The predicted octanol–water partition coefficient (Wildman–Crippen LogP) is 3.53. The van der Waals surface area contributed by atoms with Crippen molar-refractivity contribution in [1.82, 2.24) is 9.55 Å². The number of hydrogen-bond acceptors (Lipinski definition) is 2. The van der Waals surface area contributed by atoms with Crippen molar-refractivity contribution < 1.29 is 4.39 Å². The van der Waals surface area contributed by atoms with Crippen LogP contribution in [-0.4, -0.2) is 9.55 Å². The van der Waals surface area contributed by atoms with Crippen LogP contribution < -0.4 is 0 Å². The van der Waals surface area contributed by atoms with Crippen molar-refractivity contribution in [3.63, 3.8) is 0 Å². The van der Waals surface area contributed by atoms with Gasteiger partial charge in [0.05, 0.1) is 18.0 Å². The highest BCUT2D eigenvalue weighted by Gasteiger charge is 2.05. The normalized spacial score (nSPS) is 10.4. The van der Waals surface area contributed by atoms with Crippen LogP contribution in [0.2, 0.25) is 0 Å². The fourth-order valence-electron chi connectivity index (χ4n) is 2.33. The molecule has 1 aromatic heterocycles. The van der Waals surface area contributed by atoms with Crippen molar-refractivity contribution in [1.29, 1.82) is 5.26 Å². The number of nitrogens with zero attached hydrogens (tertiary/aromatic N) is 3. The summed E-state index contributed by atoms with van der Waals surface area (Å²) in [6, 6.07) is 16.1. The van der Waals surface area contributed by atoms with Crippen molar-refractivity contribution in [2.24, 2.45) is 0 Å². The predicted molar refractivity (Wildman–Crippen MR) is 81.7 cm³/mol. The maximum Gasteiger partial charge on any atom is 0.123 e. The molecule has 0 spiro atoms. The van der Waals surface area contributed by atoms with Crippen molar-refractivity contribution in [2.75, 3.05) is 0 Å². The zero-order valence-corrected chi connectivity index (χ0v) is 11.9. The zero-order valence-electron chi connectivity index (χ0n) is 11.9. The maximum absolute atomic E-state index is 13.0. The maximum atomic E-state index is 13.0. The van der Waals surface area contributed by atoms with Crippen LogP contribution in [0.1, 0.15) is 22.4 Å². The molecule has 22 heavy (non-hydrogen) atoms. The molecule has 0 amide bonds. The third kappa shape index (κ3) is 3.21. The second kappa shape index (κ2) is 6.23. The lowest BCUT2D eigenvalue weighted by atomic mass is 10.1. The van der Waals surface area contributed by atoms with Crippen LogP contribution in [0, 0.1) is 17.1 Å². The van der Waals surface area contributed by atoms with Crippen LogP contribution in [0.5, 0.6) is 0 Å². The highest BCUT2D eigenvalue weighted by Crippen LogP contribution is 2.13. The fraction of sp³-hybridized carbons (Fsp3) is 0.111. The number of halogens is 1. The number of imidazole rings is 1. The van der Waals surface area contributed by atoms with E-state index in [1.54, 1.807) is 18.5 Å². The first-order valence-corrected chi connectivity index (χ1v) is 6.97. The van der Waals surface area contributed by atoms with E-state index in [4.69, 9.17) is 5.26 Å². The molecule has 0 aliphatic carbocycles. The van der Waals surface area contributed by atoms with Crippen LogP contribution in [-0.2, 0) is 13.0 Å². The lowest BCUT2D eigenvalue weighted by Gasteiger charge is -2.08. The van der Waals surface area contributed by atoms with E-state index in [0.29, 0.717) is 18.5 Å². The number of hydrogen-bond donors (Lipinski definition) is 0. The largest absolute Gasteiger partial charge is 0.330 e. The van der Waals surface area contributed by atoms with Crippen LogP contribution in [0.25, 0.3) is 0 Å². The molecular weight excluding hydrogens is 277 g/mol. The Kier molecular flexibility index (Phi) is 3.97. The van der Waals surface area contributed by atoms with E-state index in [0.717, 1.165) is 16.8 Å². The highest BCUT2D eigenvalue weighted by molar-refractivity contribution is 5.32. The van der Waals surface area contributed by atoms with Gasteiger partial charge in [0.2, 0.25) is 0 Å². The molecule has 0 saturated carbocycles. The van der Waals surface area contributed by atoms with E-state index in [-0.39, 0.29) is 5.82 Å². The van der Waals surface area contributed by atoms with Gasteiger partial charge < -0.3 is 4.57 Å². The average molecular weight is 291 g/mol. The van der Waals surface area contributed by atoms with Gasteiger partial charge in [0.15, 0.2) is 0 Å². The molecule has 0 unspecified atom stereocenters. The Hall–Kier alpha value is -2.93. The smallest absolute Gasteiger partial charge is 0.123 e. The average Bonchev–Trinajstić information content (AvgIpc) is 2.97. The Bertz CT molecular complexity index is 796. The fourth-order valence-corrected chi connectivity index (χ4v) is 2.33. The first-order chi connectivity index (χ1) is 10.7. The number of benzene rings is 2. The summed E-state index contributed by atoms with van der Waals surface area (Å²) in [5.41, 5.74) is 3.87. The van der Waals surface area contributed by atoms with Gasteiger partial charge in [0.25, 0.3) is 0 Å². The van der Waals surface area contributed by atoms with Crippen molar-refractivity contribution >= 4 is 0 Å². The standard InChI is InChI=1S/C18H14FN3/c19-17-7-5-14(6-8-17)9-18-11-21-13-22(18)12-16-3-1-15(10-20)2-4-16/h1-8,11,13H,9,12H2. The minimum absolute atomic E-state index is 0.227. The van der Waals surface area contributed by atoms with Gasteiger partial charge in [0, 0.05) is 24.9 Å². The van der Waals surface area contributed by atoms with Crippen LogP contribution in [0.4, 0.5) is 4.39 Å². The van der Waals surface area contributed by atoms with Crippen LogP contribution in [0.3, 0.4) is 0 Å². The van der Waals surface area contributed by atoms with Gasteiger partial charge in [-0.2, -0.15) is 5.26 Å². The van der Waals surface area contributed by atoms with Crippen LogP contribution in [0.15, 0.2) is 61.1 Å². The minimum atomic E-state index is -0.227. The molecule has 0 bridgehead atoms. The summed E-state index contributed by atoms with van der Waals surface area (Å²) in [6.07, 6.45) is 4.32. The minimum Gasteiger partial charge on any atom is -0.330 e. The summed E-state index contributed by atoms with van der Waals surface area (Å²) in [7, 11) is 0. The van der Waals surface area contributed by atoms with E-state index in [9.17, 15) is 4.39 Å². The molecule has 0 radical (unpaired) electrons. The molecule has 0 saturated heterocycles. The molecular formula is C18H14FN3. The highest BCUT2D eigenvalue weighted by atomic mass is 19.1. The summed E-state index contributed by atoms with van der Waals surface area (Å²) in [5.74, 6) is -0.227. The number of nitriles is 1. The summed E-state index contributed by atoms with van der Waals surface area (Å²) >= 11 is 0. The molecule has 0 aliphatic rings. The second-order valence-corrected chi connectivity index (χ2v) is 5.12. The third-order valence-electron chi connectivity index (χ3n) is 3.53. The van der Waals surface area contributed by atoms with E-state index in [1.165, 1.54) is 12.1 Å². The summed E-state index contributed by atoms with van der Waals surface area (Å²) < 4.78 is 15.0. The van der Waals surface area contributed by atoms with E-state index in [1.807, 2.05) is 30.5 Å². The SMILES string of the molecule is N#Cc1ccc(Cn2cncc2Cc2ccc(F)cc2)cc1. The number of rotatable bonds is 4. The third-order valence-corrected chi connectivity index (χ3v) is 3.53. The van der Waals surface area contributed by atoms with Crippen LogP contribution >= 0.6 is 0 Å². The molecule has 4 heteroatoms. The Morgan fingerprint density at radius 1 is 1.00 bits per heavy atom. The summed E-state index contributed by atoms with van der Waals surface area (Å²) in [5, 5.41) is 8.82. The molecule has 0 fully saturated rings. The van der Waals surface area contributed by atoms with E-state index < -0.39 is 0 Å².